The Morgan fingerprint density at radius 2 is 1.94 bits per heavy atom. The highest BCUT2D eigenvalue weighted by Crippen LogP contribution is 2.63. The number of carbonyl (C=O) groups excluding carboxylic acids is 1. The Labute approximate surface area is 105 Å². The zero-order chi connectivity index (χ0) is 12.0. The molecule has 16 heavy (non-hydrogen) atoms. The number of aliphatic hydroxyl groups is 1. The molecule has 0 saturated heterocycles. The monoisotopic (exact) mass is 265 g/mol. The summed E-state index contributed by atoms with van der Waals surface area (Å²) in [7, 11) is 0. The Kier molecular flexibility index (Phi) is 3.15. The minimum Gasteiger partial charge on any atom is -0.391 e. The van der Waals surface area contributed by atoms with Crippen molar-refractivity contribution in [2.45, 2.75) is 55.5 Å². The third-order valence-corrected chi connectivity index (χ3v) is 4.91. The summed E-state index contributed by atoms with van der Waals surface area (Å²) in [5, 5.41) is 12.6. The molecular weight excluding hydrogens is 249 g/mol. The van der Waals surface area contributed by atoms with Crippen LogP contribution >= 0.6 is 23.2 Å². The van der Waals surface area contributed by atoms with Gasteiger partial charge in [-0.15, -0.1) is 23.2 Å². The SMILES string of the molecule is CC1(C(=O)NC2CCCCC2O)CC1(Cl)Cl. The van der Waals surface area contributed by atoms with Gasteiger partial charge < -0.3 is 10.4 Å². The van der Waals surface area contributed by atoms with Crippen LogP contribution in [0.15, 0.2) is 0 Å². The van der Waals surface area contributed by atoms with Crippen LogP contribution in [-0.2, 0) is 4.79 Å². The Morgan fingerprint density at radius 1 is 1.38 bits per heavy atom. The summed E-state index contributed by atoms with van der Waals surface area (Å²) in [5.41, 5.74) is -0.687. The second-order valence-corrected chi connectivity index (χ2v) is 6.63. The van der Waals surface area contributed by atoms with Crippen LogP contribution in [0.4, 0.5) is 0 Å². The lowest BCUT2D eigenvalue weighted by atomic mass is 9.92. The maximum Gasteiger partial charge on any atom is 0.229 e. The first-order valence-electron chi connectivity index (χ1n) is 5.74. The fourth-order valence-electron chi connectivity index (χ4n) is 2.25. The van der Waals surface area contributed by atoms with Crippen molar-refractivity contribution in [3.63, 3.8) is 0 Å². The summed E-state index contributed by atoms with van der Waals surface area (Å²) in [4.78, 5) is 12.0. The summed E-state index contributed by atoms with van der Waals surface area (Å²) < 4.78 is -0.934. The minimum atomic E-state index is -0.934. The molecule has 2 aliphatic carbocycles. The van der Waals surface area contributed by atoms with Gasteiger partial charge in [-0.1, -0.05) is 12.8 Å². The Hall–Kier alpha value is 0.01000. The topological polar surface area (TPSA) is 49.3 Å². The van der Waals surface area contributed by atoms with E-state index >= 15 is 0 Å². The van der Waals surface area contributed by atoms with Crippen molar-refractivity contribution in [2.24, 2.45) is 5.41 Å². The molecule has 3 unspecified atom stereocenters. The third kappa shape index (κ3) is 2.05. The number of halogens is 2. The molecule has 2 saturated carbocycles. The highest BCUT2D eigenvalue weighted by Gasteiger charge is 2.68. The lowest BCUT2D eigenvalue weighted by molar-refractivity contribution is -0.127. The fourth-order valence-corrected chi connectivity index (χ4v) is 2.96. The van der Waals surface area contributed by atoms with Crippen LogP contribution in [0.2, 0.25) is 0 Å². The molecule has 0 heterocycles. The largest absolute Gasteiger partial charge is 0.391 e. The van der Waals surface area contributed by atoms with Crippen LogP contribution in [0.5, 0.6) is 0 Å². The van der Waals surface area contributed by atoms with E-state index in [1.165, 1.54) is 0 Å². The maximum atomic E-state index is 12.0. The smallest absolute Gasteiger partial charge is 0.229 e. The Morgan fingerprint density at radius 3 is 2.44 bits per heavy atom. The van der Waals surface area contributed by atoms with Gasteiger partial charge in [0.1, 0.15) is 4.33 Å². The molecule has 0 aromatic carbocycles. The van der Waals surface area contributed by atoms with Gasteiger partial charge in [-0.25, -0.2) is 0 Å². The van der Waals surface area contributed by atoms with E-state index in [-0.39, 0.29) is 11.9 Å². The number of hydrogen-bond acceptors (Lipinski definition) is 2. The predicted octanol–water partition coefficient (Wildman–Crippen LogP) is 1.99. The molecule has 2 fully saturated rings. The van der Waals surface area contributed by atoms with E-state index in [0.29, 0.717) is 6.42 Å². The van der Waals surface area contributed by atoms with Gasteiger partial charge in [0, 0.05) is 0 Å². The van der Waals surface area contributed by atoms with Gasteiger partial charge in [-0.3, -0.25) is 4.79 Å². The fraction of sp³-hybridized carbons (Fsp3) is 0.909. The summed E-state index contributed by atoms with van der Waals surface area (Å²) in [6, 6.07) is -0.136. The van der Waals surface area contributed by atoms with E-state index < -0.39 is 15.9 Å². The van der Waals surface area contributed by atoms with Gasteiger partial charge in [0.25, 0.3) is 0 Å². The number of carbonyl (C=O) groups is 1. The van der Waals surface area contributed by atoms with Crippen molar-refractivity contribution >= 4 is 29.1 Å². The number of alkyl halides is 2. The van der Waals surface area contributed by atoms with Gasteiger partial charge in [-0.2, -0.15) is 0 Å². The third-order valence-electron chi connectivity index (χ3n) is 3.80. The van der Waals surface area contributed by atoms with E-state index in [4.69, 9.17) is 23.2 Å². The molecular formula is C11H17Cl2NO2. The number of rotatable bonds is 2. The molecule has 3 atom stereocenters. The molecule has 1 amide bonds. The first kappa shape index (κ1) is 12.5. The Balaban J connectivity index is 1.93. The quantitative estimate of drug-likeness (QED) is 0.751. The normalized spacial score (nSPS) is 41.5. The van der Waals surface area contributed by atoms with Gasteiger partial charge in [0.15, 0.2) is 0 Å². The van der Waals surface area contributed by atoms with Crippen molar-refractivity contribution in [3.8, 4) is 0 Å². The minimum absolute atomic E-state index is 0.136. The lowest BCUT2D eigenvalue weighted by Gasteiger charge is -2.29. The van der Waals surface area contributed by atoms with E-state index in [9.17, 15) is 9.90 Å². The molecule has 2 aliphatic rings. The molecule has 0 radical (unpaired) electrons. The zero-order valence-electron chi connectivity index (χ0n) is 9.30. The van der Waals surface area contributed by atoms with Crippen LogP contribution in [0, 0.1) is 5.41 Å². The summed E-state index contributed by atoms with van der Waals surface area (Å²) in [5.74, 6) is -0.136. The van der Waals surface area contributed by atoms with Crippen LogP contribution in [-0.4, -0.2) is 27.5 Å². The second kappa shape index (κ2) is 4.04. The van der Waals surface area contributed by atoms with E-state index in [1.807, 2.05) is 0 Å². The van der Waals surface area contributed by atoms with Crippen LogP contribution < -0.4 is 5.32 Å². The molecule has 0 bridgehead atoms. The molecule has 92 valence electrons. The molecule has 2 N–H and O–H groups in total. The lowest BCUT2D eigenvalue weighted by Crippen LogP contribution is -2.48. The van der Waals surface area contributed by atoms with Crippen molar-refractivity contribution in [1.82, 2.24) is 5.32 Å². The Bertz CT molecular complexity index is 308. The summed E-state index contributed by atoms with van der Waals surface area (Å²) >= 11 is 11.9. The maximum absolute atomic E-state index is 12.0. The molecule has 5 heteroatoms. The van der Waals surface area contributed by atoms with Gasteiger partial charge in [-0.05, 0) is 26.2 Å². The predicted molar refractivity (Wildman–Crippen MR) is 63.6 cm³/mol. The van der Waals surface area contributed by atoms with Gasteiger partial charge in [0.05, 0.1) is 17.6 Å². The number of amides is 1. The van der Waals surface area contributed by atoms with Crippen molar-refractivity contribution in [3.05, 3.63) is 0 Å². The van der Waals surface area contributed by atoms with E-state index in [0.717, 1.165) is 25.7 Å². The number of aliphatic hydroxyl groups excluding tert-OH is 1. The standard InChI is InChI=1S/C11H17Cl2NO2/c1-10(6-11(10,12)13)9(16)14-7-4-2-3-5-8(7)15/h7-8,15H,2-6H2,1H3,(H,14,16). The van der Waals surface area contributed by atoms with Crippen LogP contribution in [0.1, 0.15) is 39.0 Å². The number of hydrogen-bond donors (Lipinski definition) is 2. The average Bonchev–Trinajstić information content (AvgIpc) is 2.71. The first-order chi connectivity index (χ1) is 7.37. The second-order valence-electron chi connectivity index (χ2n) is 5.15. The molecule has 0 spiro atoms. The molecule has 0 aromatic heterocycles. The molecule has 0 aliphatic heterocycles. The van der Waals surface area contributed by atoms with E-state index in [2.05, 4.69) is 5.32 Å². The number of nitrogens with one attached hydrogen (secondary N) is 1. The van der Waals surface area contributed by atoms with Gasteiger partial charge >= 0.3 is 0 Å². The zero-order valence-corrected chi connectivity index (χ0v) is 10.8. The highest BCUT2D eigenvalue weighted by atomic mass is 35.5. The van der Waals surface area contributed by atoms with E-state index in [1.54, 1.807) is 6.92 Å². The average molecular weight is 266 g/mol. The molecule has 2 rings (SSSR count). The molecule has 0 aromatic rings. The van der Waals surface area contributed by atoms with Crippen molar-refractivity contribution in [1.29, 1.82) is 0 Å². The summed E-state index contributed by atoms with van der Waals surface area (Å²) in [6.07, 6.45) is 3.72. The van der Waals surface area contributed by atoms with Crippen molar-refractivity contribution < 1.29 is 9.90 Å². The van der Waals surface area contributed by atoms with Gasteiger partial charge in [0.2, 0.25) is 5.91 Å². The van der Waals surface area contributed by atoms with Crippen LogP contribution in [0.3, 0.4) is 0 Å². The summed E-state index contributed by atoms with van der Waals surface area (Å²) in [6.45, 7) is 1.76. The van der Waals surface area contributed by atoms with Crippen LogP contribution in [0.25, 0.3) is 0 Å². The molecule has 3 nitrogen and oxygen atoms in total. The highest BCUT2D eigenvalue weighted by molar-refractivity contribution is 6.53. The van der Waals surface area contributed by atoms with Crippen molar-refractivity contribution in [2.75, 3.05) is 0 Å². The first-order valence-corrected chi connectivity index (χ1v) is 6.49.